The fraction of sp³-hybridized carbons (Fsp3) is 0.700. The number of aliphatic hydroxyl groups is 1. The van der Waals surface area contributed by atoms with E-state index in [9.17, 15) is 5.11 Å². The molecule has 0 radical (unpaired) electrons. The number of rotatable bonds is 4. The molecule has 1 N–H and O–H groups in total. The summed E-state index contributed by atoms with van der Waals surface area (Å²) in [5, 5.41) is 10.8. The first-order chi connectivity index (χ1) is 6.49. The summed E-state index contributed by atoms with van der Waals surface area (Å²) in [4.78, 5) is 5.37. The summed E-state index contributed by atoms with van der Waals surface area (Å²) in [6.45, 7) is 6.14. The van der Waals surface area contributed by atoms with Crippen molar-refractivity contribution in [1.29, 1.82) is 0 Å². The second-order valence-corrected chi connectivity index (χ2v) is 4.81. The minimum atomic E-state index is -0.797. The van der Waals surface area contributed by atoms with Gasteiger partial charge in [0.25, 0.3) is 0 Å². The standard InChI is InChI=1S/C10H17NO2S/c1-5-7-9(10(2,3)12)14-8(11-7)6-13-4/h12H,5-6H2,1-4H3. The van der Waals surface area contributed by atoms with Crippen LogP contribution in [0, 0.1) is 0 Å². The van der Waals surface area contributed by atoms with Gasteiger partial charge >= 0.3 is 0 Å². The number of methoxy groups -OCH3 is 1. The van der Waals surface area contributed by atoms with E-state index in [1.165, 1.54) is 11.3 Å². The largest absolute Gasteiger partial charge is 0.385 e. The molecule has 1 aromatic rings. The molecular weight excluding hydrogens is 198 g/mol. The predicted molar refractivity (Wildman–Crippen MR) is 57.4 cm³/mol. The molecule has 1 aromatic heterocycles. The Hall–Kier alpha value is -0.450. The molecule has 0 spiro atoms. The van der Waals surface area contributed by atoms with Gasteiger partial charge in [-0.3, -0.25) is 0 Å². The highest BCUT2D eigenvalue weighted by Crippen LogP contribution is 2.30. The highest BCUT2D eigenvalue weighted by atomic mass is 32.1. The molecule has 4 heteroatoms. The molecule has 14 heavy (non-hydrogen) atoms. The summed E-state index contributed by atoms with van der Waals surface area (Å²) in [5.74, 6) is 0. The average Bonchev–Trinajstić information content (AvgIpc) is 2.47. The molecule has 0 unspecified atom stereocenters. The van der Waals surface area contributed by atoms with Crippen LogP contribution in [0.4, 0.5) is 0 Å². The van der Waals surface area contributed by atoms with Gasteiger partial charge in [0.1, 0.15) is 5.01 Å². The van der Waals surface area contributed by atoms with Gasteiger partial charge < -0.3 is 9.84 Å². The topological polar surface area (TPSA) is 42.4 Å². The first-order valence-corrected chi connectivity index (χ1v) is 5.51. The van der Waals surface area contributed by atoms with Crippen molar-refractivity contribution in [3.63, 3.8) is 0 Å². The summed E-state index contributed by atoms with van der Waals surface area (Å²) in [7, 11) is 1.65. The van der Waals surface area contributed by atoms with Crippen molar-refractivity contribution in [1.82, 2.24) is 4.98 Å². The van der Waals surface area contributed by atoms with Crippen LogP contribution in [-0.2, 0) is 23.4 Å². The van der Waals surface area contributed by atoms with Gasteiger partial charge in [-0.05, 0) is 20.3 Å². The van der Waals surface area contributed by atoms with Crippen molar-refractivity contribution < 1.29 is 9.84 Å². The van der Waals surface area contributed by atoms with Crippen LogP contribution in [0.3, 0.4) is 0 Å². The number of hydrogen-bond acceptors (Lipinski definition) is 4. The predicted octanol–water partition coefficient (Wildman–Crippen LogP) is 2.08. The van der Waals surface area contributed by atoms with Crippen LogP contribution in [0.5, 0.6) is 0 Å². The summed E-state index contributed by atoms with van der Waals surface area (Å²) in [6, 6.07) is 0. The highest BCUT2D eigenvalue weighted by Gasteiger charge is 2.23. The van der Waals surface area contributed by atoms with E-state index in [2.05, 4.69) is 4.98 Å². The third kappa shape index (κ3) is 2.53. The van der Waals surface area contributed by atoms with E-state index in [0.29, 0.717) is 6.61 Å². The van der Waals surface area contributed by atoms with Crippen molar-refractivity contribution in [2.45, 2.75) is 39.4 Å². The Kier molecular flexibility index (Phi) is 3.64. The lowest BCUT2D eigenvalue weighted by Gasteiger charge is -2.15. The van der Waals surface area contributed by atoms with Crippen molar-refractivity contribution in [2.24, 2.45) is 0 Å². The lowest BCUT2D eigenvalue weighted by Crippen LogP contribution is -2.15. The van der Waals surface area contributed by atoms with Gasteiger partial charge in [-0.2, -0.15) is 0 Å². The van der Waals surface area contributed by atoms with E-state index in [4.69, 9.17) is 4.74 Å². The average molecular weight is 215 g/mol. The number of hydrogen-bond donors (Lipinski definition) is 1. The number of aryl methyl sites for hydroxylation is 1. The highest BCUT2D eigenvalue weighted by molar-refractivity contribution is 7.11. The zero-order valence-corrected chi connectivity index (χ0v) is 9.94. The van der Waals surface area contributed by atoms with Crippen LogP contribution in [0.25, 0.3) is 0 Å². The van der Waals surface area contributed by atoms with Crippen molar-refractivity contribution in [3.05, 3.63) is 15.6 Å². The quantitative estimate of drug-likeness (QED) is 0.836. The number of aromatic nitrogens is 1. The zero-order valence-electron chi connectivity index (χ0n) is 9.13. The fourth-order valence-electron chi connectivity index (χ4n) is 1.30. The number of ether oxygens (including phenoxy) is 1. The SMILES string of the molecule is CCc1nc(COC)sc1C(C)(C)O. The molecule has 0 bridgehead atoms. The molecule has 0 atom stereocenters. The van der Waals surface area contributed by atoms with E-state index in [-0.39, 0.29) is 0 Å². The second-order valence-electron chi connectivity index (χ2n) is 3.73. The maximum Gasteiger partial charge on any atom is 0.119 e. The molecule has 0 saturated carbocycles. The smallest absolute Gasteiger partial charge is 0.119 e. The van der Waals surface area contributed by atoms with Crippen LogP contribution in [0.15, 0.2) is 0 Å². The Morgan fingerprint density at radius 3 is 2.50 bits per heavy atom. The Bertz CT molecular complexity index is 302. The van der Waals surface area contributed by atoms with Crippen molar-refractivity contribution in [2.75, 3.05) is 7.11 Å². The van der Waals surface area contributed by atoms with E-state index in [1.807, 2.05) is 6.92 Å². The van der Waals surface area contributed by atoms with Gasteiger partial charge in [-0.15, -0.1) is 11.3 Å². The Morgan fingerprint density at radius 1 is 1.50 bits per heavy atom. The van der Waals surface area contributed by atoms with Crippen LogP contribution in [-0.4, -0.2) is 17.2 Å². The van der Waals surface area contributed by atoms with Gasteiger partial charge in [0.2, 0.25) is 0 Å². The molecule has 0 amide bonds. The van der Waals surface area contributed by atoms with E-state index in [1.54, 1.807) is 21.0 Å². The summed E-state index contributed by atoms with van der Waals surface area (Å²) >= 11 is 1.53. The Labute approximate surface area is 88.8 Å². The third-order valence-corrected chi connectivity index (χ3v) is 3.28. The minimum absolute atomic E-state index is 0.522. The van der Waals surface area contributed by atoms with Crippen LogP contribution < -0.4 is 0 Å². The van der Waals surface area contributed by atoms with Gasteiger partial charge in [0.05, 0.1) is 22.8 Å². The molecule has 80 valence electrons. The van der Waals surface area contributed by atoms with E-state index >= 15 is 0 Å². The van der Waals surface area contributed by atoms with Gasteiger partial charge in [-0.1, -0.05) is 6.92 Å². The normalized spacial score (nSPS) is 12.1. The summed E-state index contributed by atoms with van der Waals surface area (Å²) < 4.78 is 5.02. The minimum Gasteiger partial charge on any atom is -0.385 e. The number of nitrogens with zero attached hydrogens (tertiary/aromatic N) is 1. The van der Waals surface area contributed by atoms with Gasteiger partial charge in [0, 0.05) is 7.11 Å². The lowest BCUT2D eigenvalue weighted by molar-refractivity contribution is 0.0814. The van der Waals surface area contributed by atoms with Gasteiger partial charge in [-0.25, -0.2) is 4.98 Å². The molecule has 3 nitrogen and oxygen atoms in total. The van der Waals surface area contributed by atoms with Crippen LogP contribution in [0.1, 0.15) is 36.3 Å². The monoisotopic (exact) mass is 215 g/mol. The molecule has 0 aliphatic rings. The van der Waals surface area contributed by atoms with E-state index < -0.39 is 5.60 Å². The molecule has 0 aliphatic heterocycles. The Balaban J connectivity index is 3.02. The van der Waals surface area contributed by atoms with Crippen LogP contribution in [0.2, 0.25) is 0 Å². The third-order valence-electron chi connectivity index (χ3n) is 1.90. The molecule has 0 aromatic carbocycles. The first-order valence-electron chi connectivity index (χ1n) is 4.69. The molecule has 0 aliphatic carbocycles. The van der Waals surface area contributed by atoms with Crippen molar-refractivity contribution >= 4 is 11.3 Å². The fourth-order valence-corrected chi connectivity index (χ4v) is 2.43. The number of thiazole rings is 1. The molecule has 0 saturated heterocycles. The second kappa shape index (κ2) is 4.38. The Morgan fingerprint density at radius 2 is 2.14 bits per heavy atom. The lowest BCUT2D eigenvalue weighted by atomic mass is 10.1. The van der Waals surface area contributed by atoms with Crippen LogP contribution >= 0.6 is 11.3 Å². The maximum absolute atomic E-state index is 9.91. The maximum atomic E-state index is 9.91. The molecule has 1 heterocycles. The summed E-state index contributed by atoms with van der Waals surface area (Å²) in [6.07, 6.45) is 0.847. The zero-order chi connectivity index (χ0) is 10.8. The van der Waals surface area contributed by atoms with Gasteiger partial charge in [0.15, 0.2) is 0 Å². The summed E-state index contributed by atoms with van der Waals surface area (Å²) in [5.41, 5.74) is 0.184. The molecule has 0 fully saturated rings. The van der Waals surface area contributed by atoms with Crippen molar-refractivity contribution in [3.8, 4) is 0 Å². The molecular formula is C10H17NO2S. The first kappa shape index (κ1) is 11.6. The van der Waals surface area contributed by atoms with E-state index in [0.717, 1.165) is 22.0 Å². The molecule has 1 rings (SSSR count).